The number of piperazine rings is 1. The molecule has 6 rings (SSSR count). The lowest BCUT2D eigenvalue weighted by Crippen LogP contribution is -2.62. The van der Waals surface area contributed by atoms with Crippen LogP contribution in [0.2, 0.25) is 5.02 Å². The van der Waals surface area contributed by atoms with Crippen LogP contribution in [0.3, 0.4) is 0 Å². The van der Waals surface area contributed by atoms with Crippen molar-refractivity contribution < 1.29 is 36.7 Å². The highest BCUT2D eigenvalue weighted by atomic mass is 35.5. The normalized spacial score (nSPS) is 22.5. The Labute approximate surface area is 277 Å². The smallest absolute Gasteiger partial charge is 0.268 e. The van der Waals surface area contributed by atoms with E-state index in [-0.39, 0.29) is 72.2 Å². The number of hydrogen-bond donors (Lipinski definition) is 2. The Morgan fingerprint density at radius 2 is 1.81 bits per heavy atom. The molecule has 0 aliphatic carbocycles. The van der Waals surface area contributed by atoms with Gasteiger partial charge in [-0.2, -0.15) is 4.31 Å². The van der Waals surface area contributed by atoms with Crippen LogP contribution in [-0.4, -0.2) is 109 Å². The van der Waals surface area contributed by atoms with Crippen LogP contribution in [-0.2, 0) is 24.3 Å². The van der Waals surface area contributed by atoms with Crippen LogP contribution in [0, 0.1) is 11.2 Å². The van der Waals surface area contributed by atoms with Crippen molar-refractivity contribution in [2.45, 2.75) is 56.3 Å². The lowest BCUT2D eigenvalue weighted by molar-refractivity contribution is -0.146. The number of H-pyrrole nitrogens is 1. The van der Waals surface area contributed by atoms with Crippen molar-refractivity contribution >= 4 is 50.2 Å². The molecule has 47 heavy (non-hydrogen) atoms. The number of methoxy groups -OCH3 is 1. The predicted octanol–water partition coefficient (Wildman–Crippen LogP) is 3.01. The van der Waals surface area contributed by atoms with Crippen LogP contribution in [0.15, 0.2) is 47.4 Å². The Balaban J connectivity index is 1.17. The molecule has 3 aliphatic rings. The fourth-order valence-corrected chi connectivity index (χ4v) is 8.67. The summed E-state index contributed by atoms with van der Waals surface area (Å²) in [5, 5.41) is 3.63. The molecule has 3 saturated heterocycles. The van der Waals surface area contributed by atoms with Crippen molar-refractivity contribution in [2.75, 3.05) is 40.0 Å². The predicted molar refractivity (Wildman–Crippen MR) is 171 cm³/mol. The highest BCUT2D eigenvalue weighted by molar-refractivity contribution is 7.89. The van der Waals surface area contributed by atoms with Gasteiger partial charge in [0.1, 0.15) is 34.2 Å². The van der Waals surface area contributed by atoms with Crippen LogP contribution >= 0.6 is 11.6 Å². The Kier molecular flexibility index (Phi) is 8.74. The van der Waals surface area contributed by atoms with Crippen molar-refractivity contribution in [3.8, 4) is 5.75 Å². The first-order valence-corrected chi connectivity index (χ1v) is 17.1. The number of likely N-dealkylation sites (tertiary alicyclic amines) is 2. The average molecular weight is 690 g/mol. The minimum atomic E-state index is -4.19. The van der Waals surface area contributed by atoms with Crippen molar-refractivity contribution in [1.82, 2.24) is 24.4 Å². The third-order valence-electron chi connectivity index (χ3n) is 9.10. The number of fused-ring (bicyclic) bond motifs is 3. The molecule has 3 aliphatic heterocycles. The lowest BCUT2D eigenvalue weighted by atomic mass is 9.85. The molecule has 0 unspecified atom stereocenters. The molecule has 3 fully saturated rings. The highest BCUT2D eigenvalue weighted by Crippen LogP contribution is 2.36. The first-order valence-electron chi connectivity index (χ1n) is 15.3. The van der Waals surface area contributed by atoms with E-state index in [0.29, 0.717) is 17.3 Å². The molecule has 4 heterocycles. The van der Waals surface area contributed by atoms with Gasteiger partial charge in [-0.05, 0) is 54.3 Å². The third kappa shape index (κ3) is 6.19. The minimum Gasteiger partial charge on any atom is -0.495 e. The number of sulfonamides is 1. The van der Waals surface area contributed by atoms with E-state index in [2.05, 4.69) is 10.3 Å². The third-order valence-corrected chi connectivity index (χ3v) is 11.3. The van der Waals surface area contributed by atoms with E-state index in [0.717, 1.165) is 4.31 Å². The zero-order valence-electron chi connectivity index (χ0n) is 26.5. The second-order valence-electron chi connectivity index (χ2n) is 13.2. The summed E-state index contributed by atoms with van der Waals surface area (Å²) in [6, 6.07) is 7.37. The van der Waals surface area contributed by atoms with Crippen molar-refractivity contribution in [3.63, 3.8) is 0 Å². The van der Waals surface area contributed by atoms with Crippen LogP contribution < -0.4 is 10.1 Å². The van der Waals surface area contributed by atoms with Gasteiger partial charge < -0.3 is 29.6 Å². The van der Waals surface area contributed by atoms with Gasteiger partial charge in [0.25, 0.3) is 5.91 Å². The summed E-state index contributed by atoms with van der Waals surface area (Å²) < 4.78 is 53.4. The molecular weight excluding hydrogens is 653 g/mol. The standard InChI is InChI=1S/C32H37ClFN5O7S/c1-32(2,3)28(36-29(40)24-12-18-11-20(34)6-7-23(18)35-24)31(42)38-16-21-14-22(38)15-37(21)30(41)25-17-46-10-9-39(25)47(43,44)27-13-19(33)5-8-26(27)45-4/h5-8,11-13,21-22,25,28,35H,9-10,14-17H2,1-4H3,(H,36,40)/t21-,22-,25+,28+/m0/s1. The second-order valence-corrected chi connectivity index (χ2v) is 15.5. The summed E-state index contributed by atoms with van der Waals surface area (Å²) in [6.45, 7) is 6.00. The number of benzene rings is 2. The van der Waals surface area contributed by atoms with Crippen LogP contribution in [0.4, 0.5) is 4.39 Å². The summed E-state index contributed by atoms with van der Waals surface area (Å²) in [5.74, 6) is -1.48. The van der Waals surface area contributed by atoms with E-state index in [1.165, 1.54) is 37.4 Å². The van der Waals surface area contributed by atoms with Gasteiger partial charge in [0.15, 0.2) is 0 Å². The fraction of sp³-hybridized carbons (Fsp3) is 0.469. The van der Waals surface area contributed by atoms with Gasteiger partial charge in [-0.3, -0.25) is 14.4 Å². The number of carbonyl (C=O) groups excluding carboxylic acids is 3. The average Bonchev–Trinajstić information content (AvgIpc) is 3.77. The number of carbonyl (C=O) groups is 3. The number of hydrogen-bond acceptors (Lipinski definition) is 7. The van der Waals surface area contributed by atoms with Gasteiger partial charge in [0.2, 0.25) is 21.8 Å². The maximum Gasteiger partial charge on any atom is 0.268 e. The molecular formula is C32H37ClFN5O7S. The van der Waals surface area contributed by atoms with E-state index < -0.39 is 45.2 Å². The van der Waals surface area contributed by atoms with E-state index in [9.17, 15) is 27.2 Å². The number of rotatable bonds is 7. The number of ether oxygens (including phenoxy) is 2. The molecule has 3 aromatic rings. The van der Waals surface area contributed by atoms with Gasteiger partial charge in [-0.15, -0.1) is 0 Å². The summed E-state index contributed by atoms with van der Waals surface area (Å²) in [7, 11) is -2.83. The summed E-state index contributed by atoms with van der Waals surface area (Å²) >= 11 is 6.13. The van der Waals surface area contributed by atoms with Crippen LogP contribution in [0.25, 0.3) is 10.9 Å². The minimum absolute atomic E-state index is 0.0285. The van der Waals surface area contributed by atoms with Gasteiger partial charge in [-0.25, -0.2) is 12.8 Å². The first-order chi connectivity index (χ1) is 22.2. The van der Waals surface area contributed by atoms with Gasteiger partial charge in [0.05, 0.1) is 32.4 Å². The zero-order valence-corrected chi connectivity index (χ0v) is 28.0. The first kappa shape index (κ1) is 33.2. The Morgan fingerprint density at radius 3 is 2.49 bits per heavy atom. The van der Waals surface area contributed by atoms with E-state index in [1.807, 2.05) is 20.8 Å². The van der Waals surface area contributed by atoms with E-state index in [1.54, 1.807) is 21.9 Å². The van der Waals surface area contributed by atoms with E-state index >= 15 is 0 Å². The summed E-state index contributed by atoms with van der Waals surface area (Å²) in [4.78, 5) is 47.4. The lowest BCUT2D eigenvalue weighted by Gasteiger charge is -2.41. The summed E-state index contributed by atoms with van der Waals surface area (Å²) in [6.07, 6.45) is 0.526. The number of nitrogens with zero attached hydrogens (tertiary/aromatic N) is 3. The molecule has 3 amide bonds. The molecule has 15 heteroatoms. The Bertz CT molecular complexity index is 1840. The number of aromatic amines is 1. The number of amides is 3. The maximum absolute atomic E-state index is 14.0. The topological polar surface area (TPSA) is 141 Å². The molecule has 1 aromatic heterocycles. The Morgan fingerprint density at radius 1 is 1.09 bits per heavy atom. The largest absolute Gasteiger partial charge is 0.495 e. The van der Waals surface area contributed by atoms with Gasteiger partial charge >= 0.3 is 0 Å². The number of halogens is 2. The van der Waals surface area contributed by atoms with Gasteiger partial charge in [0, 0.05) is 35.6 Å². The van der Waals surface area contributed by atoms with Crippen LogP contribution in [0.1, 0.15) is 37.7 Å². The second kappa shape index (κ2) is 12.4. The number of morpholine rings is 1. The zero-order chi connectivity index (χ0) is 33.8. The SMILES string of the molecule is COc1ccc(Cl)cc1S(=O)(=O)N1CCOC[C@@H]1C(=O)N1C[C@@H]2C[C@H]1CN2C(=O)[C@@H](NC(=O)c1cc2cc(F)ccc2[nH]1)C(C)(C)C. The Hall–Kier alpha value is -3.72. The molecule has 0 spiro atoms. The monoisotopic (exact) mass is 689 g/mol. The molecule has 12 nitrogen and oxygen atoms in total. The highest BCUT2D eigenvalue weighted by Gasteiger charge is 2.52. The summed E-state index contributed by atoms with van der Waals surface area (Å²) in [5.41, 5.74) is 0.146. The fourth-order valence-electron chi connectivity index (χ4n) is 6.70. The molecule has 4 atom stereocenters. The van der Waals surface area contributed by atoms with Crippen molar-refractivity contribution in [3.05, 3.63) is 59.0 Å². The maximum atomic E-state index is 14.0. The number of nitrogens with one attached hydrogen (secondary N) is 2. The van der Waals surface area contributed by atoms with Gasteiger partial charge in [-0.1, -0.05) is 32.4 Å². The van der Waals surface area contributed by atoms with Crippen molar-refractivity contribution in [2.24, 2.45) is 5.41 Å². The van der Waals surface area contributed by atoms with E-state index in [4.69, 9.17) is 21.1 Å². The molecule has 252 valence electrons. The number of aromatic nitrogens is 1. The molecule has 2 bridgehead atoms. The quantitative estimate of drug-likeness (QED) is 0.389. The molecule has 2 aromatic carbocycles. The van der Waals surface area contributed by atoms with Crippen molar-refractivity contribution in [1.29, 1.82) is 0 Å². The molecule has 0 saturated carbocycles. The van der Waals surface area contributed by atoms with Crippen LogP contribution in [0.5, 0.6) is 5.75 Å². The molecule has 0 radical (unpaired) electrons. The molecule has 2 N–H and O–H groups in total.